The van der Waals surface area contributed by atoms with Gasteiger partial charge in [-0.05, 0) is 49.7 Å². The van der Waals surface area contributed by atoms with Crippen LogP contribution < -0.4 is 14.8 Å². The Morgan fingerprint density at radius 3 is 2.63 bits per heavy atom. The molecule has 1 N–H and O–H groups in total. The summed E-state index contributed by atoms with van der Waals surface area (Å²) >= 11 is 6.03. The molecule has 0 aliphatic carbocycles. The van der Waals surface area contributed by atoms with Crippen molar-refractivity contribution in [1.29, 1.82) is 0 Å². The number of methoxy groups -OCH3 is 1. The van der Waals surface area contributed by atoms with Crippen LogP contribution in [0.1, 0.15) is 24.5 Å². The molecule has 0 saturated heterocycles. The van der Waals surface area contributed by atoms with Crippen LogP contribution in [-0.2, 0) is 17.9 Å². The molecule has 27 heavy (non-hydrogen) atoms. The van der Waals surface area contributed by atoms with E-state index in [9.17, 15) is 4.39 Å². The Kier molecular flexibility index (Phi) is 11.1. The fourth-order valence-corrected chi connectivity index (χ4v) is 2.63. The predicted octanol–water partition coefficient (Wildman–Crippen LogP) is 5.00. The first-order valence-electron chi connectivity index (χ1n) is 8.66. The van der Waals surface area contributed by atoms with Crippen molar-refractivity contribution < 1.29 is 18.6 Å². The van der Waals surface area contributed by atoms with Gasteiger partial charge in [0.15, 0.2) is 11.5 Å². The number of benzene rings is 2. The average Bonchev–Trinajstić information content (AvgIpc) is 2.64. The standard InChI is InChI=1S/C20H25ClFNO3.ClH/c1-3-25-10-4-9-23-13-15-5-8-19(20(11-15)24-2)26-14-16-6-7-17(22)12-18(16)21;/h5-8,11-12,23H,3-4,9-10,13-14H2,1-2H3;1H. The van der Waals surface area contributed by atoms with Crippen LogP contribution in [0.4, 0.5) is 4.39 Å². The van der Waals surface area contributed by atoms with Gasteiger partial charge in [-0.2, -0.15) is 0 Å². The lowest BCUT2D eigenvalue weighted by Crippen LogP contribution is -2.16. The minimum absolute atomic E-state index is 0. The number of nitrogens with one attached hydrogen (secondary N) is 1. The van der Waals surface area contributed by atoms with E-state index >= 15 is 0 Å². The summed E-state index contributed by atoms with van der Waals surface area (Å²) in [6, 6.07) is 10.1. The Bertz CT molecular complexity index is 701. The van der Waals surface area contributed by atoms with Crippen LogP contribution in [0.2, 0.25) is 5.02 Å². The second-order valence-electron chi connectivity index (χ2n) is 5.74. The lowest BCUT2D eigenvalue weighted by molar-refractivity contribution is 0.144. The summed E-state index contributed by atoms with van der Waals surface area (Å²) in [7, 11) is 1.60. The molecule has 0 heterocycles. The predicted molar refractivity (Wildman–Crippen MR) is 109 cm³/mol. The number of rotatable bonds is 11. The number of hydrogen-bond acceptors (Lipinski definition) is 4. The van der Waals surface area contributed by atoms with Crippen LogP contribution in [0.15, 0.2) is 36.4 Å². The largest absolute Gasteiger partial charge is 0.493 e. The van der Waals surface area contributed by atoms with Crippen LogP contribution >= 0.6 is 24.0 Å². The molecular formula is C20H26Cl2FNO3. The van der Waals surface area contributed by atoms with E-state index in [1.165, 1.54) is 12.1 Å². The van der Waals surface area contributed by atoms with Crippen LogP contribution in [0.3, 0.4) is 0 Å². The van der Waals surface area contributed by atoms with Crippen LogP contribution in [0, 0.1) is 5.82 Å². The molecule has 0 spiro atoms. The molecule has 0 aliphatic rings. The summed E-state index contributed by atoms with van der Waals surface area (Å²) in [4.78, 5) is 0. The summed E-state index contributed by atoms with van der Waals surface area (Å²) in [5, 5.41) is 3.72. The highest BCUT2D eigenvalue weighted by Gasteiger charge is 2.08. The molecule has 2 aromatic rings. The highest BCUT2D eigenvalue weighted by atomic mass is 35.5. The monoisotopic (exact) mass is 417 g/mol. The molecule has 7 heteroatoms. The third-order valence-electron chi connectivity index (χ3n) is 3.80. The average molecular weight is 418 g/mol. The number of ether oxygens (including phenoxy) is 3. The van der Waals surface area contributed by atoms with E-state index in [4.69, 9.17) is 25.8 Å². The van der Waals surface area contributed by atoms with Crippen molar-refractivity contribution in [3.63, 3.8) is 0 Å². The third kappa shape index (κ3) is 7.93. The van der Waals surface area contributed by atoms with E-state index in [1.54, 1.807) is 13.2 Å². The SMILES string of the molecule is CCOCCCNCc1ccc(OCc2ccc(F)cc2Cl)c(OC)c1.Cl. The highest BCUT2D eigenvalue weighted by molar-refractivity contribution is 6.31. The number of halogens is 3. The maximum absolute atomic E-state index is 13.1. The summed E-state index contributed by atoms with van der Waals surface area (Å²) in [6.45, 7) is 5.39. The third-order valence-corrected chi connectivity index (χ3v) is 4.15. The summed E-state index contributed by atoms with van der Waals surface area (Å²) in [5.41, 5.74) is 1.82. The molecule has 0 radical (unpaired) electrons. The zero-order valence-corrected chi connectivity index (χ0v) is 17.2. The molecule has 2 aromatic carbocycles. The van der Waals surface area contributed by atoms with Crippen molar-refractivity contribution >= 4 is 24.0 Å². The first-order valence-corrected chi connectivity index (χ1v) is 9.04. The van der Waals surface area contributed by atoms with E-state index < -0.39 is 0 Å². The Morgan fingerprint density at radius 2 is 1.93 bits per heavy atom. The van der Waals surface area contributed by atoms with E-state index in [2.05, 4.69) is 5.32 Å². The molecular weight excluding hydrogens is 392 g/mol. The van der Waals surface area contributed by atoms with Crippen molar-refractivity contribution in [2.75, 3.05) is 26.9 Å². The van der Waals surface area contributed by atoms with Gasteiger partial charge < -0.3 is 19.5 Å². The van der Waals surface area contributed by atoms with E-state index in [0.29, 0.717) is 16.5 Å². The smallest absolute Gasteiger partial charge is 0.161 e. The Hall–Kier alpha value is -1.53. The van der Waals surface area contributed by atoms with Gasteiger partial charge in [-0.3, -0.25) is 0 Å². The Morgan fingerprint density at radius 1 is 1.11 bits per heavy atom. The Balaban J connectivity index is 0.00000364. The van der Waals surface area contributed by atoms with E-state index in [-0.39, 0.29) is 24.8 Å². The molecule has 150 valence electrons. The topological polar surface area (TPSA) is 39.7 Å². The molecule has 0 fully saturated rings. The van der Waals surface area contributed by atoms with Gasteiger partial charge in [-0.25, -0.2) is 4.39 Å². The molecule has 0 saturated carbocycles. The minimum atomic E-state index is -0.366. The van der Waals surface area contributed by atoms with Gasteiger partial charge >= 0.3 is 0 Å². The summed E-state index contributed by atoms with van der Waals surface area (Å²) in [6.07, 6.45) is 0.977. The maximum atomic E-state index is 13.1. The van der Waals surface area contributed by atoms with Gasteiger partial charge in [0, 0.05) is 25.3 Å². The maximum Gasteiger partial charge on any atom is 0.161 e. The second-order valence-corrected chi connectivity index (χ2v) is 6.14. The molecule has 0 amide bonds. The van der Waals surface area contributed by atoms with Crippen molar-refractivity contribution in [1.82, 2.24) is 5.32 Å². The van der Waals surface area contributed by atoms with Crippen LogP contribution in [-0.4, -0.2) is 26.9 Å². The van der Waals surface area contributed by atoms with Gasteiger partial charge in [0.2, 0.25) is 0 Å². The summed E-state index contributed by atoms with van der Waals surface area (Å²) in [5.74, 6) is 0.902. The van der Waals surface area contributed by atoms with Gasteiger partial charge in [0.25, 0.3) is 0 Å². The fraction of sp³-hybridized carbons (Fsp3) is 0.400. The zero-order chi connectivity index (χ0) is 18.8. The quantitative estimate of drug-likeness (QED) is 0.521. The normalized spacial score (nSPS) is 10.4. The summed E-state index contributed by atoms with van der Waals surface area (Å²) < 4.78 is 29.6. The molecule has 0 unspecified atom stereocenters. The van der Waals surface area contributed by atoms with Gasteiger partial charge in [0.1, 0.15) is 12.4 Å². The molecule has 0 bridgehead atoms. The van der Waals surface area contributed by atoms with Crippen LogP contribution in [0.25, 0.3) is 0 Å². The molecule has 2 rings (SSSR count). The molecule has 0 aromatic heterocycles. The highest BCUT2D eigenvalue weighted by Crippen LogP contribution is 2.29. The van der Waals surface area contributed by atoms with Gasteiger partial charge in [0.05, 0.1) is 12.1 Å². The van der Waals surface area contributed by atoms with Gasteiger partial charge in [-0.15, -0.1) is 12.4 Å². The van der Waals surface area contributed by atoms with Crippen molar-refractivity contribution in [3.05, 3.63) is 58.4 Å². The second kappa shape index (κ2) is 12.8. The van der Waals surface area contributed by atoms with Gasteiger partial charge in [-0.1, -0.05) is 23.7 Å². The van der Waals surface area contributed by atoms with Crippen molar-refractivity contribution in [3.8, 4) is 11.5 Å². The molecule has 4 nitrogen and oxygen atoms in total. The fourth-order valence-electron chi connectivity index (χ4n) is 2.41. The first kappa shape index (κ1) is 23.5. The first-order chi connectivity index (χ1) is 12.6. The molecule has 0 atom stereocenters. The lowest BCUT2D eigenvalue weighted by Gasteiger charge is -2.13. The van der Waals surface area contributed by atoms with Crippen LogP contribution in [0.5, 0.6) is 11.5 Å². The zero-order valence-electron chi connectivity index (χ0n) is 15.6. The van der Waals surface area contributed by atoms with Crippen molar-refractivity contribution in [2.45, 2.75) is 26.5 Å². The Labute approximate surface area is 171 Å². The minimum Gasteiger partial charge on any atom is -0.493 e. The lowest BCUT2D eigenvalue weighted by atomic mass is 10.2. The van der Waals surface area contributed by atoms with E-state index in [0.717, 1.165) is 43.9 Å². The van der Waals surface area contributed by atoms with Crippen molar-refractivity contribution in [2.24, 2.45) is 0 Å². The molecule has 0 aliphatic heterocycles. The number of hydrogen-bond donors (Lipinski definition) is 1. The van der Waals surface area contributed by atoms with E-state index in [1.807, 2.05) is 25.1 Å².